The molecule has 0 aromatic heterocycles. The van der Waals surface area contributed by atoms with Gasteiger partial charge in [0.15, 0.2) is 0 Å². The highest BCUT2D eigenvalue weighted by molar-refractivity contribution is 5.76. The van der Waals surface area contributed by atoms with Crippen molar-refractivity contribution >= 4 is 5.91 Å². The minimum atomic E-state index is -0.0976. The number of ether oxygens (including phenoxy) is 1. The van der Waals surface area contributed by atoms with E-state index in [0.717, 1.165) is 25.9 Å². The highest BCUT2D eigenvalue weighted by Crippen LogP contribution is 2.35. The molecule has 0 N–H and O–H groups in total. The van der Waals surface area contributed by atoms with Gasteiger partial charge in [0.1, 0.15) is 0 Å². The SMILES string of the molecule is CCC(=O)N1CC(CC)C(CC)(OC)C1. The molecule has 0 aromatic carbocycles. The van der Waals surface area contributed by atoms with E-state index < -0.39 is 0 Å². The minimum absolute atomic E-state index is 0.0976. The summed E-state index contributed by atoms with van der Waals surface area (Å²) < 4.78 is 5.68. The van der Waals surface area contributed by atoms with Gasteiger partial charge in [0.25, 0.3) is 0 Å². The molecule has 1 fully saturated rings. The molecule has 3 nitrogen and oxygen atoms in total. The van der Waals surface area contributed by atoms with E-state index in [2.05, 4.69) is 13.8 Å². The molecule has 1 rings (SSSR count). The molecule has 2 atom stereocenters. The molecule has 1 aliphatic heterocycles. The summed E-state index contributed by atoms with van der Waals surface area (Å²) in [6.07, 6.45) is 2.66. The van der Waals surface area contributed by atoms with Crippen molar-refractivity contribution in [1.29, 1.82) is 0 Å². The van der Waals surface area contributed by atoms with E-state index in [9.17, 15) is 4.79 Å². The van der Waals surface area contributed by atoms with E-state index >= 15 is 0 Å². The average Bonchev–Trinajstić information content (AvgIpc) is 2.67. The fourth-order valence-electron chi connectivity index (χ4n) is 2.64. The van der Waals surface area contributed by atoms with E-state index in [1.807, 2.05) is 11.8 Å². The summed E-state index contributed by atoms with van der Waals surface area (Å²) in [6, 6.07) is 0. The summed E-state index contributed by atoms with van der Waals surface area (Å²) in [4.78, 5) is 13.6. The Morgan fingerprint density at radius 1 is 1.47 bits per heavy atom. The van der Waals surface area contributed by atoms with Crippen LogP contribution in [-0.4, -0.2) is 36.6 Å². The second-order valence-electron chi connectivity index (χ2n) is 4.36. The monoisotopic (exact) mass is 213 g/mol. The van der Waals surface area contributed by atoms with E-state index in [0.29, 0.717) is 12.3 Å². The number of rotatable bonds is 4. The van der Waals surface area contributed by atoms with Crippen LogP contribution >= 0.6 is 0 Å². The predicted octanol–water partition coefficient (Wildman–Crippen LogP) is 2.06. The lowest BCUT2D eigenvalue weighted by atomic mass is 9.86. The second-order valence-corrected chi connectivity index (χ2v) is 4.36. The Morgan fingerprint density at radius 3 is 2.47 bits per heavy atom. The van der Waals surface area contributed by atoms with E-state index in [-0.39, 0.29) is 11.5 Å². The highest BCUT2D eigenvalue weighted by atomic mass is 16.5. The van der Waals surface area contributed by atoms with Crippen LogP contribution in [0.25, 0.3) is 0 Å². The summed E-state index contributed by atoms with van der Waals surface area (Å²) in [7, 11) is 1.77. The number of methoxy groups -OCH3 is 1. The van der Waals surface area contributed by atoms with Crippen LogP contribution in [0.15, 0.2) is 0 Å². The zero-order valence-corrected chi connectivity index (χ0v) is 10.4. The van der Waals surface area contributed by atoms with Crippen molar-refractivity contribution in [3.8, 4) is 0 Å². The lowest BCUT2D eigenvalue weighted by Gasteiger charge is -2.31. The van der Waals surface area contributed by atoms with Crippen molar-refractivity contribution < 1.29 is 9.53 Å². The number of hydrogen-bond donors (Lipinski definition) is 0. The zero-order valence-electron chi connectivity index (χ0n) is 10.4. The largest absolute Gasteiger partial charge is 0.376 e. The zero-order chi connectivity index (χ0) is 11.5. The molecule has 0 radical (unpaired) electrons. The van der Waals surface area contributed by atoms with Crippen molar-refractivity contribution in [2.45, 2.75) is 45.6 Å². The van der Waals surface area contributed by atoms with Crippen LogP contribution < -0.4 is 0 Å². The molecule has 1 amide bonds. The standard InChI is InChI=1S/C12H23NO2/c1-5-10-8-13(11(14)6-2)9-12(10,7-3)15-4/h10H,5-9H2,1-4H3. The van der Waals surface area contributed by atoms with Gasteiger partial charge in [-0.3, -0.25) is 4.79 Å². The van der Waals surface area contributed by atoms with Gasteiger partial charge in [-0.1, -0.05) is 20.8 Å². The Kier molecular flexibility index (Phi) is 4.14. The third kappa shape index (κ3) is 2.17. The van der Waals surface area contributed by atoms with Crippen molar-refractivity contribution in [3.05, 3.63) is 0 Å². The topological polar surface area (TPSA) is 29.5 Å². The van der Waals surface area contributed by atoms with Crippen molar-refractivity contribution in [2.75, 3.05) is 20.2 Å². The quantitative estimate of drug-likeness (QED) is 0.715. The molecule has 0 aromatic rings. The number of carbonyl (C=O) groups is 1. The molecule has 0 aliphatic carbocycles. The Morgan fingerprint density at radius 2 is 2.13 bits per heavy atom. The smallest absolute Gasteiger partial charge is 0.222 e. The number of likely N-dealkylation sites (tertiary alicyclic amines) is 1. The van der Waals surface area contributed by atoms with Crippen LogP contribution in [-0.2, 0) is 9.53 Å². The van der Waals surface area contributed by atoms with Crippen LogP contribution in [0, 0.1) is 5.92 Å². The molecule has 2 unspecified atom stereocenters. The molecular weight excluding hydrogens is 190 g/mol. The van der Waals surface area contributed by atoms with Crippen LogP contribution in [0.4, 0.5) is 0 Å². The van der Waals surface area contributed by atoms with Gasteiger partial charge < -0.3 is 9.64 Å². The summed E-state index contributed by atoms with van der Waals surface area (Å²) >= 11 is 0. The molecule has 0 bridgehead atoms. The Balaban J connectivity index is 2.78. The average molecular weight is 213 g/mol. The summed E-state index contributed by atoms with van der Waals surface area (Å²) in [6.45, 7) is 7.87. The lowest BCUT2D eigenvalue weighted by Crippen LogP contribution is -2.40. The van der Waals surface area contributed by atoms with Crippen LogP contribution in [0.2, 0.25) is 0 Å². The number of hydrogen-bond acceptors (Lipinski definition) is 2. The van der Waals surface area contributed by atoms with Gasteiger partial charge in [0.2, 0.25) is 5.91 Å². The van der Waals surface area contributed by atoms with Gasteiger partial charge in [-0.25, -0.2) is 0 Å². The van der Waals surface area contributed by atoms with Crippen molar-refractivity contribution in [1.82, 2.24) is 4.90 Å². The first-order chi connectivity index (χ1) is 7.13. The van der Waals surface area contributed by atoms with E-state index in [1.54, 1.807) is 7.11 Å². The van der Waals surface area contributed by atoms with Gasteiger partial charge >= 0.3 is 0 Å². The van der Waals surface area contributed by atoms with Crippen molar-refractivity contribution in [2.24, 2.45) is 5.92 Å². The molecule has 88 valence electrons. The summed E-state index contributed by atoms with van der Waals surface area (Å²) in [5, 5.41) is 0. The third-order valence-corrected chi connectivity index (χ3v) is 3.80. The second kappa shape index (κ2) is 4.97. The first-order valence-corrected chi connectivity index (χ1v) is 5.96. The van der Waals surface area contributed by atoms with Crippen LogP contribution in [0.3, 0.4) is 0 Å². The molecular formula is C12H23NO2. The van der Waals surface area contributed by atoms with E-state index in [4.69, 9.17) is 4.74 Å². The first-order valence-electron chi connectivity index (χ1n) is 5.96. The van der Waals surface area contributed by atoms with E-state index in [1.165, 1.54) is 0 Å². The minimum Gasteiger partial charge on any atom is -0.376 e. The molecule has 1 aliphatic rings. The third-order valence-electron chi connectivity index (χ3n) is 3.80. The highest BCUT2D eigenvalue weighted by Gasteiger charge is 2.45. The molecule has 1 heterocycles. The number of nitrogens with zero attached hydrogens (tertiary/aromatic N) is 1. The van der Waals surface area contributed by atoms with Gasteiger partial charge in [-0.15, -0.1) is 0 Å². The van der Waals surface area contributed by atoms with Gasteiger partial charge in [-0.2, -0.15) is 0 Å². The Hall–Kier alpha value is -0.570. The molecule has 0 saturated carbocycles. The maximum absolute atomic E-state index is 11.7. The molecule has 0 spiro atoms. The van der Waals surface area contributed by atoms with Gasteiger partial charge in [0, 0.05) is 32.5 Å². The number of amides is 1. The number of carbonyl (C=O) groups excluding carboxylic acids is 1. The van der Waals surface area contributed by atoms with Crippen molar-refractivity contribution in [3.63, 3.8) is 0 Å². The van der Waals surface area contributed by atoms with Crippen LogP contribution in [0.5, 0.6) is 0 Å². The first kappa shape index (κ1) is 12.5. The molecule has 15 heavy (non-hydrogen) atoms. The van der Waals surface area contributed by atoms with Crippen LogP contribution in [0.1, 0.15) is 40.0 Å². The molecule has 3 heteroatoms. The fourth-order valence-corrected chi connectivity index (χ4v) is 2.64. The normalized spacial score (nSPS) is 30.9. The Bertz CT molecular complexity index is 224. The lowest BCUT2D eigenvalue weighted by molar-refractivity contribution is -0.131. The fraction of sp³-hybridized carbons (Fsp3) is 0.917. The molecule has 1 saturated heterocycles. The van der Waals surface area contributed by atoms with Gasteiger partial charge in [0.05, 0.1) is 5.60 Å². The maximum Gasteiger partial charge on any atom is 0.222 e. The predicted molar refractivity (Wildman–Crippen MR) is 60.7 cm³/mol. The Labute approximate surface area is 92.8 Å². The maximum atomic E-state index is 11.7. The summed E-state index contributed by atoms with van der Waals surface area (Å²) in [5.41, 5.74) is -0.0976. The van der Waals surface area contributed by atoms with Gasteiger partial charge in [-0.05, 0) is 12.8 Å². The summed E-state index contributed by atoms with van der Waals surface area (Å²) in [5.74, 6) is 0.740.